The van der Waals surface area contributed by atoms with Crippen molar-refractivity contribution in [3.8, 4) is 16.9 Å². The van der Waals surface area contributed by atoms with Crippen LogP contribution < -0.4 is 4.74 Å². The molecule has 0 radical (unpaired) electrons. The van der Waals surface area contributed by atoms with Gasteiger partial charge in [0.1, 0.15) is 24.5 Å². The minimum Gasteiger partial charge on any atom is -0.465 e. The number of alkyl halides is 1. The largest absolute Gasteiger partial charge is 0.465 e. The maximum atomic E-state index is 11.0. The molecule has 3 aromatic rings. The quantitative estimate of drug-likeness (QED) is 0.584. The third-order valence-electron chi connectivity index (χ3n) is 4.33. The van der Waals surface area contributed by atoms with Gasteiger partial charge >= 0.3 is 0 Å². The molecule has 6 heteroatoms. The van der Waals surface area contributed by atoms with E-state index in [-0.39, 0.29) is 0 Å². The fraction of sp³-hybridized carbons (Fsp3) is 0.300. The Morgan fingerprint density at radius 1 is 1.12 bits per heavy atom. The fourth-order valence-corrected chi connectivity index (χ4v) is 2.96. The first kappa shape index (κ1) is 18.6. The number of ether oxygens (including phenoxy) is 1. The summed E-state index contributed by atoms with van der Waals surface area (Å²) in [5.74, 6) is 0.684. The van der Waals surface area contributed by atoms with Crippen LogP contribution in [0.3, 0.4) is 0 Å². The van der Waals surface area contributed by atoms with Crippen molar-refractivity contribution in [1.82, 2.24) is 14.8 Å². The van der Waals surface area contributed by atoms with Gasteiger partial charge in [-0.1, -0.05) is 78.3 Å². The summed E-state index contributed by atoms with van der Waals surface area (Å²) in [6.07, 6.45) is 1.50. The van der Waals surface area contributed by atoms with Crippen molar-refractivity contribution in [3.05, 3.63) is 67.3 Å². The van der Waals surface area contributed by atoms with Crippen LogP contribution in [-0.2, 0) is 0 Å². The van der Waals surface area contributed by atoms with E-state index in [4.69, 9.17) is 4.74 Å². The zero-order chi connectivity index (χ0) is 18.6. The van der Waals surface area contributed by atoms with E-state index in [2.05, 4.69) is 26.0 Å². The summed E-state index contributed by atoms with van der Waals surface area (Å²) in [7, 11) is 0. The van der Waals surface area contributed by atoms with Gasteiger partial charge in [-0.05, 0) is 11.6 Å². The maximum Gasteiger partial charge on any atom is 0.219 e. The first-order chi connectivity index (χ1) is 12.5. The van der Waals surface area contributed by atoms with E-state index in [0.29, 0.717) is 11.1 Å². The number of rotatable bonds is 7. The van der Waals surface area contributed by atoms with Crippen LogP contribution in [0, 0.1) is 5.41 Å². The van der Waals surface area contributed by atoms with Crippen molar-refractivity contribution < 1.29 is 9.84 Å². The number of aliphatic hydroxyl groups excluding tert-OH is 1. The molecule has 1 heterocycles. The van der Waals surface area contributed by atoms with E-state index < -0.39 is 17.7 Å². The number of hydrogen-bond acceptors (Lipinski definition) is 4. The molecule has 0 aliphatic heterocycles. The molecule has 3 rings (SSSR count). The Bertz CT molecular complexity index is 822. The molecule has 0 bridgehead atoms. The van der Waals surface area contributed by atoms with E-state index in [1.807, 2.05) is 68.4 Å². The van der Waals surface area contributed by atoms with Crippen LogP contribution in [0.1, 0.15) is 20.1 Å². The van der Waals surface area contributed by atoms with Gasteiger partial charge in [0.2, 0.25) is 6.23 Å². The average Bonchev–Trinajstić information content (AvgIpc) is 3.21. The Hall–Kier alpha value is -2.18. The Morgan fingerprint density at radius 2 is 1.81 bits per heavy atom. The zero-order valence-corrected chi connectivity index (χ0v) is 16.4. The minimum atomic E-state index is -0.799. The van der Waals surface area contributed by atoms with Gasteiger partial charge in [0.15, 0.2) is 0 Å². The zero-order valence-electron chi connectivity index (χ0n) is 14.8. The minimum absolute atomic E-state index is 0.418. The van der Waals surface area contributed by atoms with Gasteiger partial charge in [-0.2, -0.15) is 5.10 Å². The summed E-state index contributed by atoms with van der Waals surface area (Å²) in [4.78, 5) is 4.00. The molecule has 0 amide bonds. The van der Waals surface area contributed by atoms with E-state index in [1.165, 1.54) is 6.33 Å². The van der Waals surface area contributed by atoms with Gasteiger partial charge < -0.3 is 9.84 Å². The molecule has 0 aliphatic carbocycles. The number of benzene rings is 2. The van der Waals surface area contributed by atoms with Crippen LogP contribution in [0.2, 0.25) is 0 Å². The lowest BCUT2D eigenvalue weighted by atomic mass is 9.88. The number of nitrogens with zero attached hydrogens (tertiary/aromatic N) is 3. The average molecular weight is 416 g/mol. The third kappa shape index (κ3) is 3.97. The smallest absolute Gasteiger partial charge is 0.219 e. The van der Waals surface area contributed by atoms with Gasteiger partial charge in [0, 0.05) is 16.3 Å². The lowest BCUT2D eigenvalue weighted by Gasteiger charge is -2.34. The van der Waals surface area contributed by atoms with Gasteiger partial charge in [-0.25, -0.2) is 9.67 Å². The highest BCUT2D eigenvalue weighted by Crippen LogP contribution is 2.36. The molecule has 0 saturated carbocycles. The van der Waals surface area contributed by atoms with Crippen LogP contribution in [0.15, 0.2) is 67.3 Å². The molecule has 1 aromatic heterocycles. The van der Waals surface area contributed by atoms with Crippen molar-refractivity contribution in [2.75, 3.05) is 5.33 Å². The molecule has 26 heavy (non-hydrogen) atoms. The molecule has 2 unspecified atom stereocenters. The van der Waals surface area contributed by atoms with Crippen LogP contribution in [0.5, 0.6) is 5.75 Å². The van der Waals surface area contributed by atoms with E-state index in [1.54, 1.807) is 11.0 Å². The molecule has 0 fully saturated rings. The summed E-state index contributed by atoms with van der Waals surface area (Å²) < 4.78 is 7.84. The highest BCUT2D eigenvalue weighted by atomic mass is 79.9. The van der Waals surface area contributed by atoms with Crippen molar-refractivity contribution in [1.29, 1.82) is 0 Å². The van der Waals surface area contributed by atoms with E-state index in [9.17, 15) is 5.11 Å². The molecule has 2 atom stereocenters. The first-order valence-corrected chi connectivity index (χ1v) is 9.54. The Kier molecular flexibility index (Phi) is 5.74. The Labute approximate surface area is 161 Å². The van der Waals surface area contributed by atoms with Crippen LogP contribution in [-0.4, -0.2) is 31.3 Å². The van der Waals surface area contributed by atoms with Crippen LogP contribution >= 0.6 is 15.9 Å². The number of aliphatic hydroxyl groups is 1. The second kappa shape index (κ2) is 8.01. The predicted molar refractivity (Wildman–Crippen MR) is 105 cm³/mol. The lowest BCUT2D eigenvalue weighted by molar-refractivity contribution is -0.0708. The molecule has 136 valence electrons. The van der Waals surface area contributed by atoms with Crippen LogP contribution in [0.4, 0.5) is 0 Å². The summed E-state index contributed by atoms with van der Waals surface area (Å²) >= 11 is 3.48. The Balaban J connectivity index is 1.99. The first-order valence-electron chi connectivity index (χ1n) is 8.42. The maximum absolute atomic E-state index is 11.0. The second-order valence-electron chi connectivity index (χ2n) is 6.81. The summed E-state index contributed by atoms with van der Waals surface area (Å²) in [5, 5.41) is 15.8. The van der Waals surface area contributed by atoms with Gasteiger partial charge in [0.25, 0.3) is 0 Å². The highest BCUT2D eigenvalue weighted by molar-refractivity contribution is 9.09. The molecular formula is C20H22BrN3O2. The normalized spacial score (nSPS) is 14.0. The Morgan fingerprint density at radius 3 is 2.46 bits per heavy atom. The van der Waals surface area contributed by atoms with Crippen LogP contribution in [0.25, 0.3) is 11.1 Å². The van der Waals surface area contributed by atoms with E-state index >= 15 is 0 Å². The van der Waals surface area contributed by atoms with Gasteiger partial charge in [-0.3, -0.25) is 0 Å². The number of hydrogen-bond donors (Lipinski definition) is 1. The third-order valence-corrected chi connectivity index (χ3v) is 5.78. The SMILES string of the molecule is CC(C)(CBr)C(O)C(Oc1ccccc1-c1ccccc1)n1cncn1. The predicted octanol–water partition coefficient (Wildman–Crippen LogP) is 4.30. The number of para-hydroxylation sites is 1. The van der Waals surface area contributed by atoms with Crippen molar-refractivity contribution >= 4 is 15.9 Å². The number of halogens is 1. The van der Waals surface area contributed by atoms with Gasteiger partial charge in [0.05, 0.1) is 0 Å². The summed E-state index contributed by atoms with van der Waals surface area (Å²) in [6, 6.07) is 17.8. The van der Waals surface area contributed by atoms with Crippen molar-refractivity contribution in [2.45, 2.75) is 26.2 Å². The molecule has 1 N–H and O–H groups in total. The van der Waals surface area contributed by atoms with Crippen molar-refractivity contribution in [2.24, 2.45) is 5.41 Å². The van der Waals surface area contributed by atoms with Gasteiger partial charge in [-0.15, -0.1) is 0 Å². The number of aromatic nitrogens is 3. The topological polar surface area (TPSA) is 60.2 Å². The summed E-state index contributed by atoms with van der Waals surface area (Å²) in [5.41, 5.74) is 1.59. The molecule has 0 saturated heterocycles. The standard InChI is InChI=1S/C20H22BrN3O2/c1-20(2,12-21)18(25)19(24-14-22-13-23-24)26-17-11-7-6-10-16(17)15-8-4-3-5-9-15/h3-11,13-14,18-19,25H,12H2,1-2H3. The highest BCUT2D eigenvalue weighted by Gasteiger charge is 2.37. The molecule has 0 spiro atoms. The fourth-order valence-electron chi connectivity index (χ4n) is 2.63. The molecule has 0 aliphatic rings. The second-order valence-corrected chi connectivity index (χ2v) is 7.37. The van der Waals surface area contributed by atoms with E-state index in [0.717, 1.165) is 11.1 Å². The van der Waals surface area contributed by atoms with Crippen molar-refractivity contribution in [3.63, 3.8) is 0 Å². The summed E-state index contributed by atoms with van der Waals surface area (Å²) in [6.45, 7) is 3.95. The molecule has 2 aromatic carbocycles. The lowest BCUT2D eigenvalue weighted by Crippen LogP contribution is -2.41. The molecular weight excluding hydrogens is 394 g/mol. The molecule has 5 nitrogen and oxygen atoms in total. The monoisotopic (exact) mass is 415 g/mol.